The zero-order valence-corrected chi connectivity index (χ0v) is 13.4. The molecule has 0 spiro atoms. The highest BCUT2D eigenvalue weighted by Gasteiger charge is 2.28. The summed E-state index contributed by atoms with van der Waals surface area (Å²) in [6, 6.07) is 9.10. The molecule has 0 bridgehead atoms. The van der Waals surface area contributed by atoms with Crippen molar-refractivity contribution in [1.82, 2.24) is 9.47 Å². The first-order valence-corrected chi connectivity index (χ1v) is 8.08. The van der Waals surface area contributed by atoms with Crippen molar-refractivity contribution in [2.24, 2.45) is 0 Å². The van der Waals surface area contributed by atoms with Crippen LogP contribution in [-0.4, -0.2) is 28.5 Å². The van der Waals surface area contributed by atoms with Crippen molar-refractivity contribution in [2.45, 2.75) is 25.8 Å². The first-order valence-electron chi connectivity index (χ1n) is 8.08. The van der Waals surface area contributed by atoms with Crippen LogP contribution in [0.4, 0.5) is 0 Å². The van der Waals surface area contributed by atoms with Crippen LogP contribution in [0.25, 0.3) is 11.1 Å². The van der Waals surface area contributed by atoms with Gasteiger partial charge >= 0.3 is 5.76 Å². The fourth-order valence-corrected chi connectivity index (χ4v) is 3.47. The third-order valence-corrected chi connectivity index (χ3v) is 4.68. The van der Waals surface area contributed by atoms with E-state index in [-0.39, 0.29) is 17.7 Å². The zero-order valence-electron chi connectivity index (χ0n) is 13.4. The minimum atomic E-state index is -0.324. The van der Waals surface area contributed by atoms with E-state index in [2.05, 4.69) is 0 Å². The van der Waals surface area contributed by atoms with Crippen molar-refractivity contribution >= 4 is 17.0 Å². The van der Waals surface area contributed by atoms with Crippen LogP contribution >= 0.6 is 0 Å². The molecule has 0 N–H and O–H groups in total. The molecule has 1 aromatic carbocycles. The summed E-state index contributed by atoms with van der Waals surface area (Å²) >= 11 is 0. The molecule has 3 aromatic rings. The summed E-state index contributed by atoms with van der Waals surface area (Å²) in [5.41, 5.74) is 2.50. The Bertz CT molecular complexity index is 928. The second-order valence-electron chi connectivity index (χ2n) is 6.16. The van der Waals surface area contributed by atoms with Crippen LogP contribution in [0.3, 0.4) is 0 Å². The van der Waals surface area contributed by atoms with Gasteiger partial charge in [-0.05, 0) is 43.5 Å². The number of furan rings is 1. The molecule has 1 saturated heterocycles. The van der Waals surface area contributed by atoms with Crippen molar-refractivity contribution in [2.75, 3.05) is 13.1 Å². The monoisotopic (exact) mass is 326 g/mol. The molecule has 0 aliphatic carbocycles. The molecule has 1 fully saturated rings. The lowest BCUT2D eigenvalue weighted by Gasteiger charge is -2.31. The summed E-state index contributed by atoms with van der Waals surface area (Å²) in [5, 5.41) is 0. The second kappa shape index (κ2) is 5.70. The number of aromatic nitrogens is 1. The Morgan fingerprint density at radius 1 is 1.17 bits per heavy atom. The van der Waals surface area contributed by atoms with E-state index in [1.54, 1.807) is 21.6 Å². The second-order valence-corrected chi connectivity index (χ2v) is 6.16. The van der Waals surface area contributed by atoms with Crippen molar-refractivity contribution < 1.29 is 13.6 Å². The molecule has 1 amide bonds. The quantitative estimate of drug-likeness (QED) is 0.726. The number of nitrogens with zero attached hydrogens (tertiary/aromatic N) is 2. The lowest BCUT2D eigenvalue weighted by Crippen LogP contribution is -2.40. The van der Waals surface area contributed by atoms with Gasteiger partial charge < -0.3 is 13.7 Å². The number of benzene rings is 1. The number of carbonyl (C=O) groups excluding carboxylic acids is 1. The number of rotatable bonds is 2. The van der Waals surface area contributed by atoms with E-state index in [1.807, 2.05) is 25.1 Å². The van der Waals surface area contributed by atoms with Gasteiger partial charge in [0.25, 0.3) is 5.91 Å². The first-order chi connectivity index (χ1) is 11.6. The highest BCUT2D eigenvalue weighted by atomic mass is 16.4. The molecule has 3 heterocycles. The van der Waals surface area contributed by atoms with E-state index in [1.165, 1.54) is 6.26 Å². The maximum absolute atomic E-state index is 12.3. The molecule has 0 saturated carbocycles. The van der Waals surface area contributed by atoms with Gasteiger partial charge in [-0.15, -0.1) is 0 Å². The fraction of sp³-hybridized carbons (Fsp3) is 0.333. The molecule has 4 rings (SSSR count). The van der Waals surface area contributed by atoms with Gasteiger partial charge in [-0.1, -0.05) is 12.1 Å². The standard InChI is InChI=1S/C18H18N2O4/c1-12-4-2-5-14-16(12)20(18(22)24-14)13-7-9-19(10-8-13)17(21)15-6-3-11-23-15/h2-6,11,13H,7-10H2,1H3. The molecule has 1 aliphatic rings. The van der Waals surface area contributed by atoms with Gasteiger partial charge in [-0.2, -0.15) is 0 Å². The molecule has 6 nitrogen and oxygen atoms in total. The number of amides is 1. The molecular formula is C18H18N2O4. The molecule has 0 atom stereocenters. The van der Waals surface area contributed by atoms with Gasteiger partial charge in [0.15, 0.2) is 11.3 Å². The van der Waals surface area contributed by atoms with E-state index >= 15 is 0 Å². The minimum absolute atomic E-state index is 0.0421. The number of oxazole rings is 1. The van der Waals surface area contributed by atoms with E-state index < -0.39 is 0 Å². The summed E-state index contributed by atoms with van der Waals surface area (Å²) < 4.78 is 12.3. The first kappa shape index (κ1) is 14.8. The maximum Gasteiger partial charge on any atom is 0.420 e. The average Bonchev–Trinajstić information content (AvgIpc) is 3.22. The number of carbonyl (C=O) groups is 1. The third-order valence-electron chi connectivity index (χ3n) is 4.68. The van der Waals surface area contributed by atoms with Crippen LogP contribution in [0, 0.1) is 6.92 Å². The van der Waals surface area contributed by atoms with Gasteiger partial charge in [-0.3, -0.25) is 9.36 Å². The van der Waals surface area contributed by atoms with Crippen molar-refractivity contribution in [1.29, 1.82) is 0 Å². The molecular weight excluding hydrogens is 308 g/mol. The average molecular weight is 326 g/mol. The van der Waals surface area contributed by atoms with Gasteiger partial charge in [0.1, 0.15) is 0 Å². The normalized spacial score (nSPS) is 16.0. The van der Waals surface area contributed by atoms with E-state index in [0.29, 0.717) is 24.4 Å². The number of fused-ring (bicyclic) bond motifs is 1. The van der Waals surface area contributed by atoms with Crippen molar-refractivity contribution in [3.8, 4) is 0 Å². The summed E-state index contributed by atoms with van der Waals surface area (Å²) in [7, 11) is 0. The Hall–Kier alpha value is -2.76. The van der Waals surface area contributed by atoms with Gasteiger partial charge in [-0.25, -0.2) is 4.79 Å². The topological polar surface area (TPSA) is 68.6 Å². The molecule has 0 radical (unpaired) electrons. The Kier molecular flexibility index (Phi) is 3.52. The third kappa shape index (κ3) is 2.35. The van der Waals surface area contributed by atoms with Crippen molar-refractivity contribution in [3.63, 3.8) is 0 Å². The number of aryl methyl sites for hydroxylation is 1. The van der Waals surface area contributed by atoms with Gasteiger partial charge in [0.05, 0.1) is 11.8 Å². The SMILES string of the molecule is Cc1cccc2oc(=O)n(C3CCN(C(=O)c4ccco4)CC3)c12. The highest BCUT2D eigenvalue weighted by Crippen LogP contribution is 2.28. The van der Waals surface area contributed by atoms with Crippen LogP contribution in [0.5, 0.6) is 0 Å². The lowest BCUT2D eigenvalue weighted by molar-refractivity contribution is 0.0661. The Morgan fingerprint density at radius 2 is 1.96 bits per heavy atom. The number of hydrogen-bond acceptors (Lipinski definition) is 4. The Balaban J connectivity index is 1.58. The molecule has 6 heteroatoms. The van der Waals surface area contributed by atoms with Crippen LogP contribution in [-0.2, 0) is 0 Å². The van der Waals surface area contributed by atoms with Gasteiger partial charge in [0, 0.05) is 19.1 Å². The van der Waals surface area contributed by atoms with Crippen LogP contribution in [0.15, 0.2) is 50.2 Å². The number of hydrogen-bond donors (Lipinski definition) is 0. The van der Waals surface area contributed by atoms with E-state index in [4.69, 9.17) is 8.83 Å². The summed E-state index contributed by atoms with van der Waals surface area (Å²) in [4.78, 5) is 26.4. The lowest BCUT2D eigenvalue weighted by atomic mass is 10.0. The summed E-state index contributed by atoms with van der Waals surface area (Å²) in [6.45, 7) is 3.16. The fourth-order valence-electron chi connectivity index (χ4n) is 3.47. The highest BCUT2D eigenvalue weighted by molar-refractivity contribution is 5.91. The molecule has 24 heavy (non-hydrogen) atoms. The van der Waals surface area contributed by atoms with Crippen LogP contribution in [0.2, 0.25) is 0 Å². The molecule has 2 aromatic heterocycles. The van der Waals surface area contributed by atoms with Crippen molar-refractivity contribution in [3.05, 3.63) is 58.5 Å². The van der Waals surface area contributed by atoms with Crippen LogP contribution in [0.1, 0.15) is 35.0 Å². The predicted octanol–water partition coefficient (Wildman–Crippen LogP) is 2.97. The van der Waals surface area contributed by atoms with E-state index in [9.17, 15) is 9.59 Å². The minimum Gasteiger partial charge on any atom is -0.459 e. The Morgan fingerprint density at radius 3 is 2.67 bits per heavy atom. The summed E-state index contributed by atoms with van der Waals surface area (Å²) in [6.07, 6.45) is 2.94. The largest absolute Gasteiger partial charge is 0.459 e. The number of para-hydroxylation sites is 1. The smallest absolute Gasteiger partial charge is 0.420 e. The molecule has 124 valence electrons. The summed E-state index contributed by atoms with van der Waals surface area (Å²) in [5.74, 6) is -0.0654. The maximum atomic E-state index is 12.3. The number of likely N-dealkylation sites (tertiary alicyclic amines) is 1. The predicted molar refractivity (Wildman–Crippen MR) is 88.1 cm³/mol. The molecule has 1 aliphatic heterocycles. The molecule has 0 unspecified atom stereocenters. The Labute approximate surface area is 138 Å². The van der Waals surface area contributed by atoms with Crippen LogP contribution < -0.4 is 5.76 Å². The zero-order chi connectivity index (χ0) is 16.7. The van der Waals surface area contributed by atoms with Gasteiger partial charge in [0.2, 0.25) is 0 Å². The van der Waals surface area contributed by atoms with E-state index in [0.717, 1.165) is 23.9 Å². The number of piperidine rings is 1.